The van der Waals surface area contributed by atoms with Gasteiger partial charge in [-0.05, 0) is 44.4 Å². The molecule has 2 saturated carbocycles. The van der Waals surface area contributed by atoms with Gasteiger partial charge in [0.15, 0.2) is 0 Å². The summed E-state index contributed by atoms with van der Waals surface area (Å²) in [6, 6.07) is 0. The van der Waals surface area contributed by atoms with Crippen molar-refractivity contribution < 1.29 is 9.53 Å². The monoisotopic (exact) mass is 210 g/mol. The van der Waals surface area contributed by atoms with Crippen LogP contribution >= 0.6 is 0 Å². The zero-order valence-electron chi connectivity index (χ0n) is 9.76. The molecule has 0 spiro atoms. The van der Waals surface area contributed by atoms with Gasteiger partial charge in [0.25, 0.3) is 0 Å². The number of ether oxygens (including phenoxy) is 1. The van der Waals surface area contributed by atoms with Crippen LogP contribution < -0.4 is 0 Å². The summed E-state index contributed by atoms with van der Waals surface area (Å²) >= 11 is 0. The largest absolute Gasteiger partial charge is 0.459 e. The molecule has 0 aromatic rings. The molecule has 2 aliphatic rings. The first-order chi connectivity index (χ1) is 7.23. The Bertz CT molecular complexity index is 223. The Morgan fingerprint density at radius 2 is 1.67 bits per heavy atom. The van der Waals surface area contributed by atoms with Crippen molar-refractivity contribution in [3.05, 3.63) is 0 Å². The second-order valence-corrected chi connectivity index (χ2v) is 5.20. The summed E-state index contributed by atoms with van der Waals surface area (Å²) in [5.41, 5.74) is -0.0632. The van der Waals surface area contributed by atoms with Gasteiger partial charge in [0, 0.05) is 6.92 Å². The summed E-state index contributed by atoms with van der Waals surface area (Å²) in [7, 11) is 0. The molecule has 0 amide bonds. The highest BCUT2D eigenvalue weighted by atomic mass is 16.6. The van der Waals surface area contributed by atoms with Gasteiger partial charge in [-0.3, -0.25) is 4.79 Å². The van der Waals surface area contributed by atoms with E-state index < -0.39 is 0 Å². The average Bonchev–Trinajstić information content (AvgIpc) is 2.68. The van der Waals surface area contributed by atoms with Crippen molar-refractivity contribution in [1.29, 1.82) is 0 Å². The van der Waals surface area contributed by atoms with Gasteiger partial charge >= 0.3 is 5.97 Å². The molecule has 0 bridgehead atoms. The molecule has 2 heteroatoms. The minimum atomic E-state index is -0.0810. The summed E-state index contributed by atoms with van der Waals surface area (Å²) in [5.74, 6) is 0.570. The quantitative estimate of drug-likeness (QED) is 0.653. The summed E-state index contributed by atoms with van der Waals surface area (Å²) in [5, 5.41) is 0. The standard InChI is InChI=1S/C13H22O2/c1-11(14)15-13(9-5-6-10-13)12-7-3-2-4-8-12/h12H,2-10H2,1H3. The summed E-state index contributed by atoms with van der Waals surface area (Å²) in [4.78, 5) is 11.2. The lowest BCUT2D eigenvalue weighted by Crippen LogP contribution is -2.40. The van der Waals surface area contributed by atoms with Crippen LogP contribution in [0, 0.1) is 5.92 Å². The zero-order chi connectivity index (χ0) is 10.7. The number of esters is 1. The fourth-order valence-corrected chi connectivity index (χ4v) is 3.48. The third-order valence-corrected chi connectivity index (χ3v) is 4.15. The summed E-state index contributed by atoms with van der Waals surface area (Å²) in [6.07, 6.45) is 11.3. The van der Waals surface area contributed by atoms with E-state index in [0.717, 1.165) is 12.8 Å². The maximum atomic E-state index is 11.2. The SMILES string of the molecule is CC(=O)OC1(C2CCCCC2)CCCC1. The molecule has 2 fully saturated rings. The van der Waals surface area contributed by atoms with E-state index in [0.29, 0.717) is 5.92 Å². The van der Waals surface area contributed by atoms with E-state index in [-0.39, 0.29) is 11.6 Å². The lowest BCUT2D eigenvalue weighted by atomic mass is 9.76. The Hall–Kier alpha value is -0.530. The highest BCUT2D eigenvalue weighted by Gasteiger charge is 2.44. The number of carbonyl (C=O) groups is 1. The molecule has 0 aromatic heterocycles. The predicted molar refractivity (Wildman–Crippen MR) is 59.5 cm³/mol. The van der Waals surface area contributed by atoms with E-state index in [4.69, 9.17) is 4.74 Å². The topological polar surface area (TPSA) is 26.3 Å². The van der Waals surface area contributed by atoms with Crippen LogP contribution in [0.25, 0.3) is 0 Å². The molecule has 0 atom stereocenters. The Labute approximate surface area is 92.4 Å². The van der Waals surface area contributed by atoms with Gasteiger partial charge in [0.1, 0.15) is 5.60 Å². The number of carbonyl (C=O) groups excluding carboxylic acids is 1. The Kier molecular flexibility index (Phi) is 3.32. The van der Waals surface area contributed by atoms with Gasteiger partial charge in [0.2, 0.25) is 0 Å². The van der Waals surface area contributed by atoms with Crippen molar-refractivity contribution in [2.24, 2.45) is 5.92 Å². The molecule has 0 N–H and O–H groups in total. The minimum Gasteiger partial charge on any atom is -0.459 e. The predicted octanol–water partition coefficient (Wildman–Crippen LogP) is 3.44. The van der Waals surface area contributed by atoms with Gasteiger partial charge in [0.05, 0.1) is 0 Å². The molecule has 0 unspecified atom stereocenters. The summed E-state index contributed by atoms with van der Waals surface area (Å²) < 4.78 is 5.70. The number of hydrogen-bond acceptors (Lipinski definition) is 2. The molecular formula is C13H22O2. The van der Waals surface area contributed by atoms with E-state index in [1.807, 2.05) is 0 Å². The highest BCUT2D eigenvalue weighted by molar-refractivity contribution is 5.66. The molecule has 86 valence electrons. The van der Waals surface area contributed by atoms with E-state index in [1.165, 1.54) is 44.9 Å². The van der Waals surface area contributed by atoms with Crippen LogP contribution in [0.15, 0.2) is 0 Å². The molecular weight excluding hydrogens is 188 g/mol. The van der Waals surface area contributed by atoms with Crippen LogP contribution in [0.4, 0.5) is 0 Å². The first-order valence-electron chi connectivity index (χ1n) is 6.42. The number of hydrogen-bond donors (Lipinski definition) is 0. The Balaban J connectivity index is 2.06. The third-order valence-electron chi connectivity index (χ3n) is 4.15. The maximum Gasteiger partial charge on any atom is 0.303 e. The normalized spacial score (nSPS) is 26.5. The van der Waals surface area contributed by atoms with Gasteiger partial charge < -0.3 is 4.74 Å². The van der Waals surface area contributed by atoms with Crippen molar-refractivity contribution in [3.63, 3.8) is 0 Å². The second-order valence-electron chi connectivity index (χ2n) is 5.20. The van der Waals surface area contributed by atoms with Gasteiger partial charge in [-0.1, -0.05) is 19.3 Å². The highest BCUT2D eigenvalue weighted by Crippen LogP contribution is 2.45. The van der Waals surface area contributed by atoms with Crippen LogP contribution in [-0.4, -0.2) is 11.6 Å². The van der Waals surface area contributed by atoms with Crippen molar-refractivity contribution in [2.75, 3.05) is 0 Å². The van der Waals surface area contributed by atoms with Gasteiger partial charge in [-0.15, -0.1) is 0 Å². The molecule has 2 aliphatic carbocycles. The van der Waals surface area contributed by atoms with Crippen LogP contribution in [0.1, 0.15) is 64.7 Å². The van der Waals surface area contributed by atoms with Crippen LogP contribution in [0.2, 0.25) is 0 Å². The van der Waals surface area contributed by atoms with Crippen molar-refractivity contribution >= 4 is 5.97 Å². The molecule has 0 saturated heterocycles. The second kappa shape index (κ2) is 4.54. The van der Waals surface area contributed by atoms with E-state index >= 15 is 0 Å². The molecule has 15 heavy (non-hydrogen) atoms. The minimum absolute atomic E-state index is 0.0632. The molecule has 2 nitrogen and oxygen atoms in total. The lowest BCUT2D eigenvalue weighted by Gasteiger charge is -2.39. The van der Waals surface area contributed by atoms with E-state index in [1.54, 1.807) is 6.92 Å². The fourth-order valence-electron chi connectivity index (χ4n) is 3.48. The zero-order valence-corrected chi connectivity index (χ0v) is 9.76. The van der Waals surface area contributed by atoms with Crippen LogP contribution in [0.5, 0.6) is 0 Å². The maximum absolute atomic E-state index is 11.2. The van der Waals surface area contributed by atoms with Crippen LogP contribution in [0.3, 0.4) is 0 Å². The van der Waals surface area contributed by atoms with Crippen molar-refractivity contribution in [2.45, 2.75) is 70.3 Å². The molecule has 0 heterocycles. The molecule has 0 radical (unpaired) electrons. The Morgan fingerprint density at radius 3 is 2.20 bits per heavy atom. The fraction of sp³-hybridized carbons (Fsp3) is 0.923. The third kappa shape index (κ3) is 2.35. The number of rotatable bonds is 2. The van der Waals surface area contributed by atoms with Crippen LogP contribution in [-0.2, 0) is 9.53 Å². The van der Waals surface area contributed by atoms with Gasteiger partial charge in [-0.25, -0.2) is 0 Å². The molecule has 0 aromatic carbocycles. The first-order valence-corrected chi connectivity index (χ1v) is 6.42. The van der Waals surface area contributed by atoms with E-state index in [2.05, 4.69) is 0 Å². The summed E-state index contributed by atoms with van der Waals surface area (Å²) in [6.45, 7) is 1.56. The molecule has 2 rings (SSSR count). The smallest absolute Gasteiger partial charge is 0.303 e. The molecule has 0 aliphatic heterocycles. The first kappa shape index (κ1) is 11.0. The van der Waals surface area contributed by atoms with E-state index in [9.17, 15) is 4.79 Å². The van der Waals surface area contributed by atoms with Crippen molar-refractivity contribution in [3.8, 4) is 0 Å². The van der Waals surface area contributed by atoms with Crippen molar-refractivity contribution in [1.82, 2.24) is 0 Å². The Morgan fingerprint density at radius 1 is 1.07 bits per heavy atom. The average molecular weight is 210 g/mol. The van der Waals surface area contributed by atoms with Gasteiger partial charge in [-0.2, -0.15) is 0 Å². The lowest BCUT2D eigenvalue weighted by molar-refractivity contribution is -0.164.